The number of hydrogen-bond acceptors (Lipinski definition) is 8. The van der Waals surface area contributed by atoms with Gasteiger partial charge in [-0.05, 0) is 25.9 Å². The number of likely N-dealkylation sites (tertiary alicyclic amines) is 2. The van der Waals surface area contributed by atoms with Crippen LogP contribution in [0.3, 0.4) is 0 Å². The first-order chi connectivity index (χ1) is 17.5. The Morgan fingerprint density at radius 1 is 0.528 bits per heavy atom. The van der Waals surface area contributed by atoms with Crippen molar-refractivity contribution >= 4 is 23.6 Å². The highest BCUT2D eigenvalue weighted by molar-refractivity contribution is 6.07. The van der Waals surface area contributed by atoms with Gasteiger partial charge in [-0.25, -0.2) is 0 Å². The van der Waals surface area contributed by atoms with Crippen LogP contribution in [0.2, 0.25) is 0 Å². The summed E-state index contributed by atoms with van der Waals surface area (Å²) in [6.45, 7) is 6.43. The molecule has 0 aliphatic carbocycles. The van der Waals surface area contributed by atoms with Gasteiger partial charge in [0.15, 0.2) is 0 Å². The maximum Gasteiger partial charge on any atom is 0.236 e. The molecule has 0 radical (unpaired) electrons. The lowest BCUT2D eigenvalue weighted by Gasteiger charge is -2.35. The third-order valence-corrected chi connectivity index (χ3v) is 9.18. The number of rotatable bonds is 8. The number of amides is 4. The van der Waals surface area contributed by atoms with Crippen LogP contribution in [0.4, 0.5) is 0 Å². The zero-order chi connectivity index (χ0) is 24.6. The SMILES string of the molecule is O=C1[C@@H]2C3C=CC(O3)[C@@H]2C(=O)N1CCCN1CCN(CCCN2C(=O)[C@@H]3C4C=CC(O4)[C@@H]3C2=O)CC1. The second-order valence-corrected chi connectivity index (χ2v) is 11.1. The lowest BCUT2D eigenvalue weighted by atomic mass is 9.85. The summed E-state index contributed by atoms with van der Waals surface area (Å²) in [5, 5.41) is 0. The largest absolute Gasteiger partial charge is 0.365 e. The smallest absolute Gasteiger partial charge is 0.236 e. The molecular weight excluding hydrogens is 464 g/mol. The summed E-state index contributed by atoms with van der Waals surface area (Å²) >= 11 is 0. The van der Waals surface area contributed by atoms with E-state index in [1.807, 2.05) is 24.3 Å². The summed E-state index contributed by atoms with van der Waals surface area (Å²) in [5.74, 6) is -1.54. The highest BCUT2D eigenvalue weighted by atomic mass is 16.5. The first-order valence-electron chi connectivity index (χ1n) is 13.3. The Balaban J connectivity index is 0.818. The van der Waals surface area contributed by atoms with Gasteiger partial charge in [0.05, 0.1) is 48.1 Å². The molecule has 10 nitrogen and oxygen atoms in total. The highest BCUT2D eigenvalue weighted by Gasteiger charge is 2.61. The summed E-state index contributed by atoms with van der Waals surface area (Å²) in [6.07, 6.45) is 8.33. The first-order valence-corrected chi connectivity index (χ1v) is 13.3. The molecule has 0 spiro atoms. The maximum atomic E-state index is 12.8. The van der Waals surface area contributed by atoms with E-state index in [1.165, 1.54) is 9.80 Å². The van der Waals surface area contributed by atoms with E-state index >= 15 is 0 Å². The Kier molecular flexibility index (Phi) is 5.43. The van der Waals surface area contributed by atoms with E-state index in [2.05, 4.69) is 9.80 Å². The van der Waals surface area contributed by atoms with E-state index in [0.717, 1.165) is 52.1 Å². The van der Waals surface area contributed by atoms with Gasteiger partial charge in [-0.2, -0.15) is 0 Å². The molecule has 5 saturated heterocycles. The molecular formula is C26H32N4O6. The second-order valence-electron chi connectivity index (χ2n) is 11.1. The molecule has 36 heavy (non-hydrogen) atoms. The van der Waals surface area contributed by atoms with Gasteiger partial charge in [0.1, 0.15) is 0 Å². The van der Waals surface area contributed by atoms with Crippen LogP contribution in [0.15, 0.2) is 24.3 Å². The molecule has 10 heteroatoms. The van der Waals surface area contributed by atoms with Crippen molar-refractivity contribution in [3.05, 3.63) is 24.3 Å². The van der Waals surface area contributed by atoms with Crippen molar-refractivity contribution in [2.75, 3.05) is 52.4 Å². The molecule has 4 bridgehead atoms. The van der Waals surface area contributed by atoms with E-state index in [-0.39, 0.29) is 71.7 Å². The minimum atomic E-state index is -0.318. The van der Waals surface area contributed by atoms with Crippen molar-refractivity contribution in [1.29, 1.82) is 0 Å². The van der Waals surface area contributed by atoms with Gasteiger partial charge in [0, 0.05) is 39.3 Å². The predicted octanol–water partition coefficient (Wildman–Crippen LogP) is -0.739. The number of fused-ring (bicyclic) bond motifs is 10. The van der Waals surface area contributed by atoms with E-state index in [9.17, 15) is 19.2 Å². The summed E-state index contributed by atoms with van der Waals surface area (Å²) in [7, 11) is 0. The third-order valence-electron chi connectivity index (χ3n) is 9.18. The summed E-state index contributed by atoms with van der Waals surface area (Å²) in [5.41, 5.74) is 0. The summed E-state index contributed by atoms with van der Waals surface area (Å²) in [4.78, 5) is 58.7. The fourth-order valence-corrected chi connectivity index (χ4v) is 7.31. The van der Waals surface area contributed by atoms with Crippen molar-refractivity contribution in [2.45, 2.75) is 37.3 Å². The van der Waals surface area contributed by atoms with Crippen LogP contribution in [0.5, 0.6) is 0 Å². The number of nitrogens with zero attached hydrogens (tertiary/aromatic N) is 4. The van der Waals surface area contributed by atoms with E-state index in [0.29, 0.717) is 13.1 Å². The standard InChI is InChI=1S/C26H32N4O6/c31-23-19-15-3-4-16(35-15)20(19)24(32)29(23)9-1-7-27-11-13-28(14-12-27)8-2-10-30-25(33)21-17-5-6-18(36-17)22(21)26(30)34/h3-6,15-22H,1-2,7-14H2/t15?,16?,17?,18?,19-,20+,21-,22+. The monoisotopic (exact) mass is 496 g/mol. The van der Waals surface area contributed by atoms with Crippen LogP contribution in [-0.2, 0) is 28.7 Å². The Labute approximate surface area is 209 Å². The molecule has 7 rings (SSSR count). The number of ether oxygens (including phenoxy) is 2. The number of imide groups is 2. The third kappa shape index (κ3) is 3.38. The summed E-state index contributed by atoms with van der Waals surface area (Å²) in [6, 6.07) is 0. The van der Waals surface area contributed by atoms with Crippen molar-refractivity contribution in [1.82, 2.24) is 19.6 Å². The second kappa shape index (κ2) is 8.58. The maximum absolute atomic E-state index is 12.8. The van der Waals surface area contributed by atoms with Gasteiger partial charge in [-0.3, -0.25) is 29.0 Å². The quantitative estimate of drug-likeness (QED) is 0.320. The number of carbonyl (C=O) groups is 4. The molecule has 0 aromatic heterocycles. The van der Waals surface area contributed by atoms with Crippen molar-refractivity contribution in [3.63, 3.8) is 0 Å². The molecule has 5 fully saturated rings. The van der Waals surface area contributed by atoms with E-state index < -0.39 is 0 Å². The molecule has 0 N–H and O–H groups in total. The molecule has 0 saturated carbocycles. The predicted molar refractivity (Wildman–Crippen MR) is 125 cm³/mol. The van der Waals surface area contributed by atoms with Gasteiger partial charge in [0.25, 0.3) is 0 Å². The first kappa shape index (κ1) is 22.8. The fourth-order valence-electron chi connectivity index (χ4n) is 7.31. The zero-order valence-electron chi connectivity index (χ0n) is 20.2. The lowest BCUT2D eigenvalue weighted by molar-refractivity contribution is -0.144. The number of piperazine rings is 1. The van der Waals surface area contributed by atoms with Gasteiger partial charge < -0.3 is 19.3 Å². The molecule has 0 aromatic rings. The van der Waals surface area contributed by atoms with Crippen LogP contribution in [0.1, 0.15) is 12.8 Å². The lowest BCUT2D eigenvalue weighted by Crippen LogP contribution is -2.47. The average molecular weight is 497 g/mol. The molecule has 7 heterocycles. The molecule has 192 valence electrons. The van der Waals surface area contributed by atoms with Gasteiger partial charge in [0.2, 0.25) is 23.6 Å². The Hall–Kier alpha value is -2.40. The average Bonchev–Trinajstić information content (AvgIpc) is 3.72. The normalized spacial score (nSPS) is 41.0. The molecule has 8 atom stereocenters. The molecule has 7 aliphatic heterocycles. The van der Waals surface area contributed by atoms with Crippen molar-refractivity contribution in [3.8, 4) is 0 Å². The number of hydrogen-bond donors (Lipinski definition) is 0. The van der Waals surface area contributed by atoms with Gasteiger partial charge in [-0.1, -0.05) is 24.3 Å². The van der Waals surface area contributed by atoms with E-state index in [4.69, 9.17) is 9.47 Å². The highest BCUT2D eigenvalue weighted by Crippen LogP contribution is 2.46. The van der Waals surface area contributed by atoms with Crippen LogP contribution < -0.4 is 0 Å². The van der Waals surface area contributed by atoms with Crippen LogP contribution in [0.25, 0.3) is 0 Å². The van der Waals surface area contributed by atoms with Gasteiger partial charge >= 0.3 is 0 Å². The summed E-state index contributed by atoms with van der Waals surface area (Å²) < 4.78 is 11.4. The van der Waals surface area contributed by atoms with E-state index in [1.54, 1.807) is 0 Å². The van der Waals surface area contributed by atoms with Crippen molar-refractivity contribution in [2.24, 2.45) is 23.7 Å². The zero-order valence-corrected chi connectivity index (χ0v) is 20.2. The Bertz CT molecular complexity index is 909. The molecule has 7 aliphatic rings. The van der Waals surface area contributed by atoms with Gasteiger partial charge in [-0.15, -0.1) is 0 Å². The minimum absolute atomic E-state index is 0.0679. The minimum Gasteiger partial charge on any atom is -0.365 e. The Morgan fingerprint density at radius 2 is 0.833 bits per heavy atom. The Morgan fingerprint density at radius 3 is 1.14 bits per heavy atom. The molecule has 4 amide bonds. The molecule has 0 aromatic carbocycles. The van der Waals surface area contributed by atoms with Crippen molar-refractivity contribution < 1.29 is 28.7 Å². The topological polar surface area (TPSA) is 99.7 Å². The molecule has 4 unspecified atom stereocenters. The van der Waals surface area contributed by atoms with Crippen LogP contribution in [-0.4, -0.2) is 120 Å². The van der Waals surface area contributed by atoms with Crippen LogP contribution >= 0.6 is 0 Å². The fraction of sp³-hybridized carbons (Fsp3) is 0.692. The van der Waals surface area contributed by atoms with Crippen LogP contribution in [0, 0.1) is 23.7 Å². The number of carbonyl (C=O) groups excluding carboxylic acids is 4.